The standard InChI is InChI=1S/C26H36O9/c1-12-16-10-17(33-13(2)27)18-24-9-7-8-23(5,6)19(24)22(35-15(4)29)26(31,32-11-24)25(18,20(16)30)21(12)34-14(3)28/h16-22,30-31H,1,7-11H2,2-6H3/t16-,17+,18?,19?,20-,21-,22+,24-,25-,26+/m1/s1. The van der Waals surface area contributed by atoms with Crippen LogP contribution in [0.3, 0.4) is 0 Å². The minimum absolute atomic E-state index is 0.149. The lowest BCUT2D eigenvalue weighted by Crippen LogP contribution is -2.86. The molecule has 0 aromatic carbocycles. The molecule has 0 amide bonds. The Morgan fingerprint density at radius 3 is 2.23 bits per heavy atom. The van der Waals surface area contributed by atoms with Crippen molar-refractivity contribution in [2.45, 2.75) is 90.5 Å². The molecular weight excluding hydrogens is 456 g/mol. The fourth-order valence-corrected chi connectivity index (χ4v) is 9.17. The van der Waals surface area contributed by atoms with E-state index in [4.69, 9.17) is 18.9 Å². The number of esters is 3. The van der Waals surface area contributed by atoms with Gasteiger partial charge in [0.15, 0.2) is 6.10 Å². The highest BCUT2D eigenvalue weighted by Crippen LogP contribution is 2.78. The van der Waals surface area contributed by atoms with Crippen LogP contribution in [0.5, 0.6) is 0 Å². The van der Waals surface area contributed by atoms with E-state index in [0.29, 0.717) is 18.4 Å². The molecule has 6 fully saturated rings. The van der Waals surface area contributed by atoms with Crippen molar-refractivity contribution in [3.63, 3.8) is 0 Å². The molecule has 0 aromatic heterocycles. The number of rotatable bonds is 3. The van der Waals surface area contributed by atoms with E-state index in [1.807, 2.05) is 0 Å². The van der Waals surface area contributed by atoms with E-state index in [-0.39, 0.29) is 17.9 Å². The van der Waals surface area contributed by atoms with Gasteiger partial charge in [-0.05, 0) is 30.3 Å². The summed E-state index contributed by atoms with van der Waals surface area (Å²) < 4.78 is 23.8. The Balaban J connectivity index is 1.83. The monoisotopic (exact) mass is 492 g/mol. The van der Waals surface area contributed by atoms with E-state index >= 15 is 0 Å². The van der Waals surface area contributed by atoms with Gasteiger partial charge in [0.1, 0.15) is 17.6 Å². The molecule has 2 spiro atoms. The van der Waals surface area contributed by atoms with E-state index in [2.05, 4.69) is 20.4 Å². The van der Waals surface area contributed by atoms with Crippen LogP contribution in [0.15, 0.2) is 12.2 Å². The fraction of sp³-hybridized carbons (Fsp3) is 0.808. The number of aliphatic hydroxyl groups excluding tert-OH is 1. The molecule has 0 aromatic rings. The van der Waals surface area contributed by atoms with Gasteiger partial charge in [-0.15, -0.1) is 0 Å². The predicted octanol–water partition coefficient (Wildman–Crippen LogP) is 1.88. The fourth-order valence-electron chi connectivity index (χ4n) is 9.17. The zero-order chi connectivity index (χ0) is 25.7. The van der Waals surface area contributed by atoms with Gasteiger partial charge in [0.25, 0.3) is 0 Å². The third-order valence-corrected chi connectivity index (χ3v) is 9.80. The summed E-state index contributed by atoms with van der Waals surface area (Å²) in [4.78, 5) is 36.9. The Morgan fingerprint density at radius 2 is 1.63 bits per heavy atom. The summed E-state index contributed by atoms with van der Waals surface area (Å²) in [6.45, 7) is 12.4. The lowest BCUT2D eigenvalue weighted by Gasteiger charge is -2.75. The third kappa shape index (κ3) is 2.89. The van der Waals surface area contributed by atoms with Gasteiger partial charge < -0.3 is 29.2 Å². The van der Waals surface area contributed by atoms with E-state index < -0.39 is 70.8 Å². The summed E-state index contributed by atoms with van der Waals surface area (Å²) >= 11 is 0. The van der Waals surface area contributed by atoms with Crippen molar-refractivity contribution >= 4 is 17.9 Å². The molecule has 10 atom stereocenters. The summed E-state index contributed by atoms with van der Waals surface area (Å²) in [6.07, 6.45) is -1.44. The van der Waals surface area contributed by atoms with Crippen LogP contribution in [0.1, 0.15) is 60.3 Å². The number of carbonyl (C=O) groups is 3. The molecule has 35 heavy (non-hydrogen) atoms. The maximum absolute atomic E-state index is 12.6. The van der Waals surface area contributed by atoms with Gasteiger partial charge in [0, 0.05) is 43.9 Å². The minimum atomic E-state index is -2.19. The van der Waals surface area contributed by atoms with Gasteiger partial charge in [-0.1, -0.05) is 26.8 Å². The Labute approximate surface area is 205 Å². The molecule has 4 bridgehead atoms. The molecule has 2 heterocycles. The molecule has 9 heteroatoms. The highest BCUT2D eigenvalue weighted by atomic mass is 16.7. The lowest BCUT2D eigenvalue weighted by molar-refractivity contribution is -0.474. The highest BCUT2D eigenvalue weighted by Gasteiger charge is 2.88. The molecule has 9 nitrogen and oxygen atoms in total. The van der Waals surface area contributed by atoms with Crippen molar-refractivity contribution in [2.75, 3.05) is 6.61 Å². The first-order valence-corrected chi connectivity index (χ1v) is 12.5. The Morgan fingerprint density at radius 1 is 1.00 bits per heavy atom. The number of fused-ring (bicyclic) bond motifs is 2. The number of carbonyl (C=O) groups excluding carboxylic acids is 3. The highest BCUT2D eigenvalue weighted by molar-refractivity contribution is 5.68. The molecule has 4 saturated carbocycles. The maximum Gasteiger partial charge on any atom is 0.303 e. The molecule has 2 aliphatic heterocycles. The Bertz CT molecular complexity index is 989. The van der Waals surface area contributed by atoms with Crippen molar-refractivity contribution in [3.8, 4) is 0 Å². The average molecular weight is 493 g/mol. The molecule has 6 rings (SSSR count). The molecule has 4 aliphatic carbocycles. The molecule has 2 N–H and O–H groups in total. The number of hydrogen-bond acceptors (Lipinski definition) is 9. The van der Waals surface area contributed by atoms with Crippen LogP contribution in [0.4, 0.5) is 0 Å². The summed E-state index contributed by atoms with van der Waals surface area (Å²) in [5, 5.41) is 24.4. The van der Waals surface area contributed by atoms with Gasteiger partial charge >= 0.3 is 17.9 Å². The Hall–Kier alpha value is -1.97. The first-order valence-electron chi connectivity index (χ1n) is 12.5. The van der Waals surface area contributed by atoms with Crippen molar-refractivity contribution in [1.29, 1.82) is 0 Å². The van der Waals surface area contributed by atoms with E-state index in [1.54, 1.807) is 0 Å². The molecular formula is C26H36O9. The van der Waals surface area contributed by atoms with E-state index in [1.165, 1.54) is 20.8 Å². The van der Waals surface area contributed by atoms with Gasteiger partial charge in [-0.2, -0.15) is 0 Å². The maximum atomic E-state index is 12.6. The SMILES string of the molecule is C=C1[C@H]2C[C@H](OC(C)=O)C3[C@]45CCCC(C)(C)C4[C@H](OC(C)=O)[C@](O)(OC5)[C@@]3([C@@H]1OC(C)=O)[C@@H]2O. The topological polar surface area (TPSA) is 129 Å². The van der Waals surface area contributed by atoms with Crippen LogP contribution in [0.25, 0.3) is 0 Å². The predicted molar refractivity (Wildman–Crippen MR) is 120 cm³/mol. The Kier molecular flexibility index (Phi) is 5.31. The van der Waals surface area contributed by atoms with Crippen LogP contribution in [0.2, 0.25) is 0 Å². The zero-order valence-electron chi connectivity index (χ0n) is 21.0. The van der Waals surface area contributed by atoms with Gasteiger partial charge in [-0.25, -0.2) is 0 Å². The summed E-state index contributed by atoms with van der Waals surface area (Å²) in [5.74, 6) is -5.38. The van der Waals surface area contributed by atoms with Gasteiger partial charge in [-0.3, -0.25) is 14.4 Å². The lowest BCUT2D eigenvalue weighted by atomic mass is 9.35. The average Bonchev–Trinajstić information content (AvgIpc) is 2.84. The molecule has 2 unspecified atom stereocenters. The van der Waals surface area contributed by atoms with Crippen molar-refractivity contribution in [1.82, 2.24) is 0 Å². The van der Waals surface area contributed by atoms with Crippen LogP contribution in [-0.4, -0.2) is 64.9 Å². The quantitative estimate of drug-likeness (QED) is 0.345. The first-order chi connectivity index (χ1) is 16.2. The number of aliphatic hydroxyl groups is 2. The van der Waals surface area contributed by atoms with Crippen molar-refractivity contribution < 1.29 is 43.5 Å². The van der Waals surface area contributed by atoms with Gasteiger partial charge in [0.2, 0.25) is 5.79 Å². The molecule has 0 radical (unpaired) electrons. The van der Waals surface area contributed by atoms with Crippen molar-refractivity contribution in [3.05, 3.63) is 12.2 Å². The largest absolute Gasteiger partial charge is 0.462 e. The summed E-state index contributed by atoms with van der Waals surface area (Å²) in [5.41, 5.74) is -2.24. The molecule has 2 saturated heterocycles. The van der Waals surface area contributed by atoms with Crippen LogP contribution in [-0.2, 0) is 33.3 Å². The summed E-state index contributed by atoms with van der Waals surface area (Å²) in [6, 6.07) is 0. The molecule has 194 valence electrons. The first kappa shape index (κ1) is 24.7. The second-order valence-electron chi connectivity index (χ2n) is 12.0. The van der Waals surface area contributed by atoms with Crippen LogP contribution < -0.4 is 0 Å². The van der Waals surface area contributed by atoms with Gasteiger partial charge in [0.05, 0.1) is 12.7 Å². The normalized spacial score (nSPS) is 49.0. The second-order valence-corrected chi connectivity index (χ2v) is 12.0. The van der Waals surface area contributed by atoms with Crippen LogP contribution >= 0.6 is 0 Å². The summed E-state index contributed by atoms with van der Waals surface area (Å²) in [7, 11) is 0. The van der Waals surface area contributed by atoms with Crippen molar-refractivity contribution in [2.24, 2.45) is 34.0 Å². The third-order valence-electron chi connectivity index (χ3n) is 9.80. The van der Waals surface area contributed by atoms with E-state index in [0.717, 1.165) is 12.8 Å². The zero-order valence-corrected chi connectivity index (χ0v) is 21.0. The van der Waals surface area contributed by atoms with Crippen LogP contribution in [0, 0.1) is 34.0 Å². The number of ether oxygens (including phenoxy) is 4. The van der Waals surface area contributed by atoms with E-state index in [9.17, 15) is 24.6 Å². The molecule has 6 aliphatic rings. The number of hydrogen-bond donors (Lipinski definition) is 2. The second kappa shape index (κ2) is 7.52. The minimum Gasteiger partial charge on any atom is -0.462 e. The smallest absolute Gasteiger partial charge is 0.303 e.